The summed E-state index contributed by atoms with van der Waals surface area (Å²) >= 11 is 0. The first kappa shape index (κ1) is 26.3. The number of imidazole rings is 1. The Labute approximate surface area is 228 Å². The number of hydrogen-bond donors (Lipinski definition) is 1. The lowest BCUT2D eigenvalue weighted by Gasteiger charge is -2.14. The molecule has 9 heteroatoms. The summed E-state index contributed by atoms with van der Waals surface area (Å²) in [7, 11) is 0. The van der Waals surface area contributed by atoms with E-state index >= 15 is 0 Å². The first-order valence-corrected chi connectivity index (χ1v) is 13.9. The van der Waals surface area contributed by atoms with Crippen LogP contribution in [0.2, 0.25) is 0 Å². The largest absolute Gasteiger partial charge is 0.334 e. The van der Waals surface area contributed by atoms with Crippen LogP contribution in [-0.4, -0.2) is 39.3 Å². The summed E-state index contributed by atoms with van der Waals surface area (Å²) in [5.41, 5.74) is 6.08. The minimum absolute atomic E-state index is 0.0166. The molecule has 39 heavy (non-hydrogen) atoms. The fourth-order valence-electron chi connectivity index (χ4n) is 5.28. The van der Waals surface area contributed by atoms with E-state index in [0.717, 1.165) is 78.8 Å². The van der Waals surface area contributed by atoms with Crippen molar-refractivity contribution in [1.82, 2.24) is 39.3 Å². The number of benzene rings is 1. The Kier molecular flexibility index (Phi) is 8.15. The molecule has 0 saturated heterocycles. The van der Waals surface area contributed by atoms with Crippen molar-refractivity contribution in [3.8, 4) is 28.3 Å². The fraction of sp³-hybridized carbons (Fsp3) is 0.367. The van der Waals surface area contributed by atoms with Gasteiger partial charge in [0, 0.05) is 42.6 Å². The summed E-state index contributed by atoms with van der Waals surface area (Å²) in [5.74, 6) is 1.59. The van der Waals surface area contributed by atoms with Gasteiger partial charge < -0.3 is 4.57 Å². The third kappa shape index (κ3) is 5.34. The Balaban J connectivity index is 1.62. The molecule has 1 aromatic carbocycles. The molecule has 4 heterocycles. The first-order valence-electron chi connectivity index (χ1n) is 13.9. The molecule has 4 aromatic heterocycles. The maximum atomic E-state index is 14.1. The Morgan fingerprint density at radius 1 is 0.897 bits per heavy atom. The minimum Gasteiger partial charge on any atom is -0.334 e. The van der Waals surface area contributed by atoms with E-state index in [1.165, 1.54) is 5.56 Å². The highest BCUT2D eigenvalue weighted by Gasteiger charge is 2.20. The van der Waals surface area contributed by atoms with Gasteiger partial charge in [0.2, 0.25) is 0 Å². The van der Waals surface area contributed by atoms with E-state index in [4.69, 9.17) is 0 Å². The molecule has 9 nitrogen and oxygen atoms in total. The smallest absolute Gasteiger partial charge is 0.334 e. The molecule has 1 N–H and O–H groups in total. The number of pyridine rings is 1. The quantitative estimate of drug-likeness (QED) is 0.234. The van der Waals surface area contributed by atoms with Gasteiger partial charge in [0.25, 0.3) is 0 Å². The molecule has 0 aliphatic carbocycles. The van der Waals surface area contributed by atoms with E-state index < -0.39 is 0 Å². The third-order valence-corrected chi connectivity index (χ3v) is 7.12. The molecule has 5 aromatic rings. The van der Waals surface area contributed by atoms with Gasteiger partial charge in [0.15, 0.2) is 5.82 Å². The average Bonchev–Trinajstić information content (AvgIpc) is 3.69. The zero-order chi connectivity index (χ0) is 27.2. The van der Waals surface area contributed by atoms with Gasteiger partial charge in [-0.25, -0.2) is 9.89 Å². The van der Waals surface area contributed by atoms with Crippen LogP contribution in [0, 0.1) is 0 Å². The molecule has 0 bridgehead atoms. The van der Waals surface area contributed by atoms with E-state index in [9.17, 15) is 4.79 Å². The van der Waals surface area contributed by atoms with Crippen LogP contribution in [-0.2, 0) is 25.9 Å². The van der Waals surface area contributed by atoms with E-state index in [0.29, 0.717) is 12.4 Å². The molecule has 0 amide bonds. The molecule has 0 aliphatic rings. The monoisotopic (exact) mass is 524 g/mol. The number of hydrogen-bond acceptors (Lipinski definition) is 5. The van der Waals surface area contributed by atoms with Gasteiger partial charge in [-0.05, 0) is 70.5 Å². The van der Waals surface area contributed by atoms with E-state index in [1.807, 2.05) is 39.6 Å². The van der Waals surface area contributed by atoms with Crippen molar-refractivity contribution in [2.45, 2.75) is 72.4 Å². The number of nitrogens with one attached hydrogen (secondary N) is 1. The van der Waals surface area contributed by atoms with Crippen molar-refractivity contribution in [3.63, 3.8) is 0 Å². The third-order valence-electron chi connectivity index (χ3n) is 7.12. The molecular formula is C30H36N8O. The first-order chi connectivity index (χ1) is 19.2. The lowest BCUT2D eigenvalue weighted by atomic mass is 9.96. The van der Waals surface area contributed by atoms with E-state index in [2.05, 4.69) is 75.5 Å². The Morgan fingerprint density at radius 2 is 1.74 bits per heavy atom. The standard InChI is InChI=1S/C30H36N8O/c1-4-7-11-24-21-38(29-22(10-5-2)15-18-36(29)17-6-3)30(39)37(24)20-23-19-31-16-14-25(23)26-12-8-9-13-27(26)28-32-34-35-33-28/h8-9,12-16,18-19,21H,4-7,10-11,17,20H2,1-3H3,(H,32,33,34,35). The predicted molar refractivity (Wildman–Crippen MR) is 153 cm³/mol. The highest BCUT2D eigenvalue weighted by Crippen LogP contribution is 2.32. The fourth-order valence-corrected chi connectivity index (χ4v) is 5.28. The van der Waals surface area contributed by atoms with Gasteiger partial charge in [-0.2, -0.15) is 0 Å². The second-order valence-electron chi connectivity index (χ2n) is 9.90. The molecule has 0 aliphatic heterocycles. The normalized spacial score (nSPS) is 11.4. The summed E-state index contributed by atoms with van der Waals surface area (Å²) in [5, 5.41) is 14.5. The minimum atomic E-state index is -0.0166. The highest BCUT2D eigenvalue weighted by molar-refractivity contribution is 5.81. The molecule has 0 saturated carbocycles. The topological polar surface area (TPSA) is 99.2 Å². The molecule has 0 unspecified atom stereocenters. The van der Waals surface area contributed by atoms with Crippen LogP contribution < -0.4 is 5.69 Å². The summed E-state index contributed by atoms with van der Waals surface area (Å²) in [6.45, 7) is 7.83. The van der Waals surface area contributed by atoms with Crippen LogP contribution in [0.5, 0.6) is 0 Å². The number of unbranched alkanes of at least 4 members (excludes halogenated alkanes) is 1. The number of nitrogens with zero attached hydrogens (tertiary/aromatic N) is 7. The summed E-state index contributed by atoms with van der Waals surface area (Å²) in [6.07, 6.45) is 13.7. The molecule has 5 rings (SSSR count). The second kappa shape index (κ2) is 12.1. The van der Waals surface area contributed by atoms with Crippen LogP contribution in [0.15, 0.2) is 66.0 Å². The van der Waals surface area contributed by atoms with Crippen molar-refractivity contribution >= 4 is 0 Å². The van der Waals surface area contributed by atoms with Crippen molar-refractivity contribution < 1.29 is 0 Å². The second-order valence-corrected chi connectivity index (χ2v) is 9.90. The van der Waals surface area contributed by atoms with Crippen LogP contribution in [0.25, 0.3) is 28.3 Å². The summed E-state index contributed by atoms with van der Waals surface area (Å²) in [6, 6.07) is 12.2. The Morgan fingerprint density at radius 3 is 2.49 bits per heavy atom. The van der Waals surface area contributed by atoms with Crippen LogP contribution >= 0.6 is 0 Å². The van der Waals surface area contributed by atoms with Crippen LogP contribution in [0.3, 0.4) is 0 Å². The number of rotatable bonds is 12. The van der Waals surface area contributed by atoms with Crippen LogP contribution in [0.4, 0.5) is 0 Å². The predicted octanol–water partition coefficient (Wildman–Crippen LogP) is 5.44. The van der Waals surface area contributed by atoms with Gasteiger partial charge in [0.1, 0.15) is 5.82 Å². The number of aryl methyl sites for hydroxylation is 3. The van der Waals surface area contributed by atoms with Gasteiger partial charge in [-0.15, -0.1) is 5.10 Å². The van der Waals surface area contributed by atoms with Gasteiger partial charge in [-0.1, -0.05) is 57.9 Å². The number of tetrazole rings is 1. The number of aromatic nitrogens is 8. The maximum absolute atomic E-state index is 14.1. The van der Waals surface area contributed by atoms with Gasteiger partial charge in [-0.3, -0.25) is 14.1 Å². The lowest BCUT2D eigenvalue weighted by molar-refractivity contribution is 0.641. The zero-order valence-corrected chi connectivity index (χ0v) is 23.0. The summed E-state index contributed by atoms with van der Waals surface area (Å²) < 4.78 is 6.02. The van der Waals surface area contributed by atoms with E-state index in [1.54, 1.807) is 6.20 Å². The SMILES string of the molecule is CCCCc1cn(-c2c(CCC)ccn2CCC)c(=O)n1Cc1cnccc1-c1ccccc1-c1nnn[nH]1. The number of H-pyrrole nitrogens is 1. The van der Waals surface area contributed by atoms with Crippen molar-refractivity contribution in [3.05, 3.63) is 88.5 Å². The molecule has 0 spiro atoms. The lowest BCUT2D eigenvalue weighted by Crippen LogP contribution is -2.27. The number of aromatic amines is 1. The Hall–Kier alpha value is -4.27. The Bertz CT molecular complexity index is 1550. The molecule has 0 radical (unpaired) electrons. The van der Waals surface area contributed by atoms with Crippen LogP contribution in [0.1, 0.15) is 63.3 Å². The highest BCUT2D eigenvalue weighted by atomic mass is 16.1. The van der Waals surface area contributed by atoms with Crippen molar-refractivity contribution in [2.75, 3.05) is 0 Å². The summed E-state index contributed by atoms with van der Waals surface area (Å²) in [4.78, 5) is 18.6. The zero-order valence-electron chi connectivity index (χ0n) is 23.0. The van der Waals surface area contributed by atoms with Crippen molar-refractivity contribution in [2.24, 2.45) is 0 Å². The molecule has 0 fully saturated rings. The van der Waals surface area contributed by atoms with E-state index in [-0.39, 0.29) is 5.69 Å². The molecule has 202 valence electrons. The molecule has 0 atom stereocenters. The average molecular weight is 525 g/mol. The maximum Gasteiger partial charge on any atom is 0.334 e. The molecular weight excluding hydrogens is 488 g/mol. The van der Waals surface area contributed by atoms with Gasteiger partial charge in [0.05, 0.1) is 6.54 Å². The van der Waals surface area contributed by atoms with Gasteiger partial charge >= 0.3 is 5.69 Å². The van der Waals surface area contributed by atoms with Crippen molar-refractivity contribution in [1.29, 1.82) is 0 Å².